The molecule has 0 radical (unpaired) electrons. The molecule has 0 aliphatic rings. The fourth-order valence-electron chi connectivity index (χ4n) is 3.29. The number of rotatable bonds is 11. The molecule has 3 rings (SSSR count). The van der Waals surface area contributed by atoms with Crippen molar-refractivity contribution in [3.8, 4) is 28.7 Å². The van der Waals surface area contributed by atoms with Gasteiger partial charge in [-0.3, -0.25) is 9.59 Å². The molecule has 8 nitrogen and oxygen atoms in total. The van der Waals surface area contributed by atoms with E-state index in [4.69, 9.17) is 35.3 Å². The summed E-state index contributed by atoms with van der Waals surface area (Å²) in [6.07, 6.45) is 3.04. The number of halogens is 1. The lowest BCUT2D eigenvalue weighted by molar-refractivity contribution is -0.118. The Morgan fingerprint density at radius 2 is 1.50 bits per heavy atom. The van der Waals surface area contributed by atoms with Gasteiger partial charge in [-0.25, -0.2) is 0 Å². The SMILES string of the molecule is COc1ccc(/C=C/C(=O)c2cc(OC)c(OC)c(OC)c2)cc1OCC(=O)Nc1ccccc1Cl. The Balaban J connectivity index is 1.74. The number of nitrogens with one attached hydrogen (secondary N) is 1. The molecule has 0 bridgehead atoms. The minimum atomic E-state index is -0.385. The van der Waals surface area contributed by atoms with Crippen LogP contribution < -0.4 is 29.0 Å². The summed E-state index contributed by atoms with van der Waals surface area (Å²) in [6.45, 7) is -0.265. The number of hydrogen-bond donors (Lipinski definition) is 1. The summed E-state index contributed by atoms with van der Waals surface area (Å²) in [5.41, 5.74) is 1.52. The van der Waals surface area contributed by atoms with Crippen LogP contribution in [-0.2, 0) is 4.79 Å². The maximum Gasteiger partial charge on any atom is 0.262 e. The van der Waals surface area contributed by atoms with Gasteiger partial charge in [0.25, 0.3) is 5.91 Å². The zero-order valence-corrected chi connectivity index (χ0v) is 21.0. The van der Waals surface area contributed by atoms with Gasteiger partial charge in [0, 0.05) is 5.56 Å². The molecule has 188 valence electrons. The van der Waals surface area contributed by atoms with E-state index in [0.717, 1.165) is 0 Å². The van der Waals surface area contributed by atoms with Crippen LogP contribution >= 0.6 is 11.6 Å². The molecule has 1 amide bonds. The van der Waals surface area contributed by atoms with Crippen LogP contribution in [0.5, 0.6) is 28.7 Å². The zero-order valence-electron chi connectivity index (χ0n) is 20.3. The average Bonchev–Trinajstić information content (AvgIpc) is 2.90. The molecule has 0 aliphatic heterocycles. The highest BCUT2D eigenvalue weighted by Gasteiger charge is 2.16. The van der Waals surface area contributed by atoms with Crippen LogP contribution in [0, 0.1) is 0 Å². The number of ketones is 1. The summed E-state index contributed by atoms with van der Waals surface area (Å²) >= 11 is 6.08. The molecule has 0 fully saturated rings. The van der Waals surface area contributed by atoms with E-state index in [-0.39, 0.29) is 18.3 Å². The summed E-state index contributed by atoms with van der Waals surface area (Å²) in [4.78, 5) is 25.1. The van der Waals surface area contributed by atoms with E-state index in [1.807, 2.05) is 0 Å². The molecule has 3 aromatic carbocycles. The highest BCUT2D eigenvalue weighted by Crippen LogP contribution is 2.38. The molecule has 0 heterocycles. The molecule has 0 saturated heterocycles. The van der Waals surface area contributed by atoms with Gasteiger partial charge in [-0.05, 0) is 48.0 Å². The Labute approximate surface area is 214 Å². The van der Waals surface area contributed by atoms with Gasteiger partial charge in [-0.15, -0.1) is 0 Å². The molecule has 3 aromatic rings. The van der Waals surface area contributed by atoms with Crippen LogP contribution in [0.15, 0.2) is 60.7 Å². The number of carbonyl (C=O) groups is 2. The van der Waals surface area contributed by atoms with E-state index in [9.17, 15) is 9.59 Å². The second-order valence-corrected chi connectivity index (χ2v) is 7.75. The maximum atomic E-state index is 12.8. The number of anilines is 1. The molecule has 0 unspecified atom stereocenters. The minimum Gasteiger partial charge on any atom is -0.493 e. The normalized spacial score (nSPS) is 10.6. The first-order valence-electron chi connectivity index (χ1n) is 10.8. The molecule has 0 aromatic heterocycles. The molecule has 1 N–H and O–H groups in total. The number of allylic oxidation sites excluding steroid dienone is 1. The number of methoxy groups -OCH3 is 4. The molecular formula is C27H26ClNO7. The molecule has 0 saturated carbocycles. The molecule has 9 heteroatoms. The van der Waals surface area contributed by atoms with E-state index in [0.29, 0.717) is 50.6 Å². The Morgan fingerprint density at radius 3 is 2.11 bits per heavy atom. The van der Waals surface area contributed by atoms with E-state index in [1.54, 1.807) is 60.7 Å². The fourth-order valence-corrected chi connectivity index (χ4v) is 3.48. The van der Waals surface area contributed by atoms with Crippen LogP contribution in [0.2, 0.25) is 5.02 Å². The van der Waals surface area contributed by atoms with Crippen molar-refractivity contribution in [2.75, 3.05) is 40.4 Å². The average molecular weight is 512 g/mol. The van der Waals surface area contributed by atoms with E-state index in [2.05, 4.69) is 5.32 Å². The Morgan fingerprint density at radius 1 is 0.833 bits per heavy atom. The van der Waals surface area contributed by atoms with Crippen LogP contribution in [0.1, 0.15) is 15.9 Å². The van der Waals surface area contributed by atoms with Crippen molar-refractivity contribution in [3.05, 3.63) is 76.8 Å². The van der Waals surface area contributed by atoms with Gasteiger partial charge in [0.05, 0.1) is 39.1 Å². The number of amides is 1. The maximum absolute atomic E-state index is 12.8. The van der Waals surface area contributed by atoms with Gasteiger partial charge in [0.2, 0.25) is 5.75 Å². The predicted octanol–water partition coefficient (Wildman–Crippen LogP) is 5.29. The quantitative estimate of drug-likeness (QED) is 0.276. The van der Waals surface area contributed by atoms with Crippen LogP contribution in [0.4, 0.5) is 5.69 Å². The molecular weight excluding hydrogens is 486 g/mol. The Kier molecular flexibility index (Phi) is 9.19. The molecule has 0 aliphatic carbocycles. The number of ether oxygens (including phenoxy) is 5. The molecule has 0 atom stereocenters. The fraction of sp³-hybridized carbons (Fsp3) is 0.185. The third-order valence-corrected chi connectivity index (χ3v) is 5.40. The number of benzene rings is 3. The molecule has 0 spiro atoms. The van der Waals surface area contributed by atoms with Crippen molar-refractivity contribution < 1.29 is 33.3 Å². The summed E-state index contributed by atoms with van der Waals surface area (Å²) in [5.74, 6) is 1.28. The van der Waals surface area contributed by atoms with E-state index >= 15 is 0 Å². The summed E-state index contributed by atoms with van der Waals surface area (Å²) in [5, 5.41) is 3.12. The molecule has 36 heavy (non-hydrogen) atoms. The minimum absolute atomic E-state index is 0.265. The predicted molar refractivity (Wildman–Crippen MR) is 138 cm³/mol. The van der Waals surface area contributed by atoms with E-state index < -0.39 is 0 Å². The van der Waals surface area contributed by atoms with Crippen LogP contribution in [0.3, 0.4) is 0 Å². The third-order valence-electron chi connectivity index (χ3n) is 5.07. The Bertz CT molecular complexity index is 1250. The van der Waals surface area contributed by atoms with Crippen molar-refractivity contribution in [1.82, 2.24) is 0 Å². The Hall–Kier alpha value is -4.17. The first kappa shape index (κ1) is 26.4. The third kappa shape index (κ3) is 6.49. The lowest BCUT2D eigenvalue weighted by atomic mass is 10.1. The van der Waals surface area contributed by atoms with Crippen molar-refractivity contribution >= 4 is 35.1 Å². The monoisotopic (exact) mass is 511 g/mol. The highest BCUT2D eigenvalue weighted by atomic mass is 35.5. The van der Waals surface area contributed by atoms with Crippen molar-refractivity contribution in [3.63, 3.8) is 0 Å². The topological polar surface area (TPSA) is 92.3 Å². The lowest BCUT2D eigenvalue weighted by Gasteiger charge is -2.13. The standard InChI is InChI=1S/C27H26ClNO7/c1-32-22-12-10-17(13-23(22)36-16-26(31)29-20-8-6-5-7-19(20)28)9-11-21(30)18-14-24(33-2)27(35-4)25(15-18)34-3/h5-15H,16H2,1-4H3,(H,29,31)/b11-9+. The van der Waals surface area contributed by atoms with Gasteiger partial charge in [0.15, 0.2) is 35.4 Å². The second kappa shape index (κ2) is 12.5. The van der Waals surface area contributed by atoms with Crippen LogP contribution in [0.25, 0.3) is 6.08 Å². The lowest BCUT2D eigenvalue weighted by Crippen LogP contribution is -2.20. The van der Waals surface area contributed by atoms with E-state index in [1.165, 1.54) is 34.5 Å². The number of carbonyl (C=O) groups excluding carboxylic acids is 2. The zero-order chi connectivity index (χ0) is 26.1. The summed E-state index contributed by atoms with van der Waals surface area (Å²) in [6, 6.07) is 15.2. The van der Waals surface area contributed by atoms with Crippen LogP contribution in [-0.4, -0.2) is 46.7 Å². The van der Waals surface area contributed by atoms with Crippen molar-refractivity contribution in [1.29, 1.82) is 0 Å². The summed E-state index contributed by atoms with van der Waals surface area (Å²) < 4.78 is 26.9. The van der Waals surface area contributed by atoms with Gasteiger partial charge in [-0.2, -0.15) is 0 Å². The second-order valence-electron chi connectivity index (χ2n) is 7.34. The van der Waals surface area contributed by atoms with Gasteiger partial charge in [0.1, 0.15) is 0 Å². The van der Waals surface area contributed by atoms with Crippen molar-refractivity contribution in [2.24, 2.45) is 0 Å². The number of para-hydroxylation sites is 1. The van der Waals surface area contributed by atoms with Crippen molar-refractivity contribution in [2.45, 2.75) is 0 Å². The van der Waals surface area contributed by atoms with Gasteiger partial charge < -0.3 is 29.0 Å². The number of hydrogen-bond acceptors (Lipinski definition) is 7. The highest BCUT2D eigenvalue weighted by molar-refractivity contribution is 6.33. The summed E-state index contributed by atoms with van der Waals surface area (Å²) in [7, 11) is 5.95. The largest absolute Gasteiger partial charge is 0.493 e. The smallest absolute Gasteiger partial charge is 0.262 e. The van der Waals surface area contributed by atoms with Gasteiger partial charge >= 0.3 is 0 Å². The van der Waals surface area contributed by atoms with Gasteiger partial charge in [-0.1, -0.05) is 35.9 Å². The first-order chi connectivity index (χ1) is 17.4. The first-order valence-corrected chi connectivity index (χ1v) is 11.2.